The molecule has 0 amide bonds. The second kappa shape index (κ2) is 4.42. The molecule has 0 radical (unpaired) electrons. The number of nitrogen functional groups attached to an aromatic ring is 1. The first-order chi connectivity index (χ1) is 5.52. The largest absolute Gasteiger partial charge is 0.396 e. The SMILES string of the molecule is CC(C)c1cc(F)c(N)cc1F.Cl. The molecular formula is C9H12ClF2N. The Kier molecular flexibility index (Phi) is 4.14. The maximum atomic E-state index is 13.0. The molecule has 0 fully saturated rings. The van der Waals surface area contributed by atoms with Crippen LogP contribution in [0.15, 0.2) is 12.1 Å². The lowest BCUT2D eigenvalue weighted by atomic mass is 10.0. The Morgan fingerprint density at radius 3 is 2.15 bits per heavy atom. The van der Waals surface area contributed by atoms with E-state index in [1.807, 2.05) is 0 Å². The minimum absolute atomic E-state index is 0. The van der Waals surface area contributed by atoms with Crippen LogP contribution in [-0.4, -0.2) is 0 Å². The fourth-order valence-electron chi connectivity index (χ4n) is 1.02. The van der Waals surface area contributed by atoms with Crippen LogP contribution in [0.2, 0.25) is 0 Å². The molecule has 1 nitrogen and oxygen atoms in total. The Balaban J connectivity index is 0.00000144. The molecule has 0 heterocycles. The van der Waals surface area contributed by atoms with E-state index in [0.29, 0.717) is 5.56 Å². The highest BCUT2D eigenvalue weighted by molar-refractivity contribution is 5.85. The van der Waals surface area contributed by atoms with Crippen LogP contribution < -0.4 is 5.73 Å². The van der Waals surface area contributed by atoms with E-state index in [0.717, 1.165) is 12.1 Å². The van der Waals surface area contributed by atoms with Crippen molar-refractivity contribution in [2.24, 2.45) is 0 Å². The van der Waals surface area contributed by atoms with Gasteiger partial charge in [0.05, 0.1) is 5.69 Å². The maximum absolute atomic E-state index is 13.0. The van der Waals surface area contributed by atoms with Gasteiger partial charge in [0.25, 0.3) is 0 Å². The van der Waals surface area contributed by atoms with E-state index in [2.05, 4.69) is 0 Å². The quantitative estimate of drug-likeness (QED) is 0.704. The molecule has 0 atom stereocenters. The van der Waals surface area contributed by atoms with Crippen LogP contribution in [-0.2, 0) is 0 Å². The summed E-state index contributed by atoms with van der Waals surface area (Å²) in [7, 11) is 0. The zero-order valence-electron chi connectivity index (χ0n) is 7.47. The van der Waals surface area contributed by atoms with Gasteiger partial charge in [0, 0.05) is 6.07 Å². The summed E-state index contributed by atoms with van der Waals surface area (Å²) in [6.45, 7) is 3.60. The van der Waals surface area contributed by atoms with Crippen LogP contribution in [0.25, 0.3) is 0 Å². The van der Waals surface area contributed by atoms with Gasteiger partial charge in [-0.05, 0) is 17.5 Å². The first-order valence-corrected chi connectivity index (χ1v) is 3.76. The van der Waals surface area contributed by atoms with Crippen molar-refractivity contribution in [1.29, 1.82) is 0 Å². The molecule has 0 unspecified atom stereocenters. The highest BCUT2D eigenvalue weighted by Crippen LogP contribution is 2.22. The topological polar surface area (TPSA) is 26.0 Å². The molecule has 74 valence electrons. The monoisotopic (exact) mass is 207 g/mol. The summed E-state index contributed by atoms with van der Waals surface area (Å²) in [5.41, 5.74) is 5.40. The summed E-state index contributed by atoms with van der Waals surface area (Å²) in [4.78, 5) is 0. The Morgan fingerprint density at radius 2 is 1.69 bits per heavy atom. The molecule has 1 aromatic rings. The van der Waals surface area contributed by atoms with Crippen molar-refractivity contribution < 1.29 is 8.78 Å². The number of halogens is 3. The van der Waals surface area contributed by atoms with Crippen LogP contribution in [0.3, 0.4) is 0 Å². The molecule has 4 heteroatoms. The minimum atomic E-state index is -0.555. The molecule has 0 bridgehead atoms. The van der Waals surface area contributed by atoms with Crippen molar-refractivity contribution in [3.8, 4) is 0 Å². The first-order valence-electron chi connectivity index (χ1n) is 3.76. The minimum Gasteiger partial charge on any atom is -0.396 e. The van der Waals surface area contributed by atoms with E-state index < -0.39 is 11.6 Å². The van der Waals surface area contributed by atoms with E-state index >= 15 is 0 Å². The lowest BCUT2D eigenvalue weighted by Crippen LogP contribution is -1.98. The number of rotatable bonds is 1. The number of hydrogen-bond donors (Lipinski definition) is 1. The third-order valence-corrected chi connectivity index (χ3v) is 1.74. The van der Waals surface area contributed by atoms with Gasteiger partial charge in [0.1, 0.15) is 11.6 Å². The van der Waals surface area contributed by atoms with Gasteiger partial charge in [0.15, 0.2) is 0 Å². The van der Waals surface area contributed by atoms with E-state index in [4.69, 9.17) is 5.73 Å². The van der Waals surface area contributed by atoms with Gasteiger partial charge in [-0.1, -0.05) is 13.8 Å². The number of benzene rings is 1. The van der Waals surface area contributed by atoms with Gasteiger partial charge in [-0.2, -0.15) is 0 Å². The summed E-state index contributed by atoms with van der Waals surface area (Å²) >= 11 is 0. The summed E-state index contributed by atoms with van der Waals surface area (Å²) < 4.78 is 25.9. The zero-order valence-corrected chi connectivity index (χ0v) is 8.29. The fourth-order valence-corrected chi connectivity index (χ4v) is 1.02. The lowest BCUT2D eigenvalue weighted by Gasteiger charge is -2.07. The average molecular weight is 208 g/mol. The second-order valence-electron chi connectivity index (χ2n) is 3.05. The first kappa shape index (κ1) is 12.2. The molecule has 0 aliphatic carbocycles. The molecule has 0 aliphatic heterocycles. The maximum Gasteiger partial charge on any atom is 0.146 e. The molecule has 0 spiro atoms. The molecule has 2 N–H and O–H groups in total. The Labute approximate surface area is 82.4 Å². The molecule has 0 aromatic heterocycles. The molecule has 1 rings (SSSR count). The number of hydrogen-bond acceptors (Lipinski definition) is 1. The lowest BCUT2D eigenvalue weighted by molar-refractivity contribution is 0.578. The van der Waals surface area contributed by atoms with Gasteiger partial charge < -0.3 is 5.73 Å². The van der Waals surface area contributed by atoms with Crippen LogP contribution in [0.5, 0.6) is 0 Å². The van der Waals surface area contributed by atoms with Crippen molar-refractivity contribution in [1.82, 2.24) is 0 Å². The van der Waals surface area contributed by atoms with Gasteiger partial charge in [-0.15, -0.1) is 12.4 Å². The number of nitrogens with two attached hydrogens (primary N) is 1. The average Bonchev–Trinajstić information content (AvgIpc) is 1.96. The normalized spacial score (nSPS) is 9.92. The predicted molar refractivity (Wildman–Crippen MR) is 52.1 cm³/mol. The Bertz CT molecular complexity index is 300. The van der Waals surface area contributed by atoms with Gasteiger partial charge in [0.2, 0.25) is 0 Å². The van der Waals surface area contributed by atoms with Crippen molar-refractivity contribution in [3.63, 3.8) is 0 Å². The zero-order chi connectivity index (χ0) is 9.30. The van der Waals surface area contributed by atoms with Gasteiger partial charge in [-0.25, -0.2) is 8.78 Å². The molecule has 0 saturated carbocycles. The Morgan fingerprint density at radius 1 is 1.15 bits per heavy atom. The van der Waals surface area contributed by atoms with E-state index in [1.165, 1.54) is 0 Å². The van der Waals surface area contributed by atoms with E-state index in [9.17, 15) is 8.78 Å². The van der Waals surface area contributed by atoms with Crippen molar-refractivity contribution >= 4 is 18.1 Å². The van der Waals surface area contributed by atoms with Crippen molar-refractivity contribution in [2.75, 3.05) is 5.73 Å². The Hall–Kier alpha value is -0.830. The summed E-state index contributed by atoms with van der Waals surface area (Å²) in [5, 5.41) is 0. The fraction of sp³-hybridized carbons (Fsp3) is 0.333. The van der Waals surface area contributed by atoms with Gasteiger partial charge in [-0.3, -0.25) is 0 Å². The molecule has 0 aliphatic rings. The van der Waals surface area contributed by atoms with Gasteiger partial charge >= 0.3 is 0 Å². The molecule has 0 saturated heterocycles. The summed E-state index contributed by atoms with van der Waals surface area (Å²) in [6, 6.07) is 2.17. The third-order valence-electron chi connectivity index (χ3n) is 1.74. The van der Waals surface area contributed by atoms with E-state index in [-0.39, 0.29) is 24.0 Å². The highest BCUT2D eigenvalue weighted by atomic mass is 35.5. The second-order valence-corrected chi connectivity index (χ2v) is 3.05. The number of anilines is 1. The van der Waals surface area contributed by atoms with Crippen LogP contribution in [0.1, 0.15) is 25.3 Å². The summed E-state index contributed by atoms with van der Waals surface area (Å²) in [6.07, 6.45) is 0. The summed E-state index contributed by atoms with van der Waals surface area (Å²) in [5.74, 6) is -1.02. The van der Waals surface area contributed by atoms with Crippen LogP contribution >= 0.6 is 12.4 Å². The third kappa shape index (κ3) is 2.56. The van der Waals surface area contributed by atoms with Crippen molar-refractivity contribution in [3.05, 3.63) is 29.3 Å². The highest BCUT2D eigenvalue weighted by Gasteiger charge is 2.10. The molecule has 13 heavy (non-hydrogen) atoms. The van der Waals surface area contributed by atoms with Crippen LogP contribution in [0, 0.1) is 11.6 Å². The predicted octanol–water partition coefficient (Wildman–Crippen LogP) is 3.09. The van der Waals surface area contributed by atoms with Crippen LogP contribution in [0.4, 0.5) is 14.5 Å². The standard InChI is InChI=1S/C9H11F2N.ClH/c1-5(2)6-3-8(11)9(12)4-7(6)10;/h3-5H,12H2,1-2H3;1H. The van der Waals surface area contributed by atoms with Crippen molar-refractivity contribution in [2.45, 2.75) is 19.8 Å². The molecular weight excluding hydrogens is 196 g/mol. The smallest absolute Gasteiger partial charge is 0.146 e. The van der Waals surface area contributed by atoms with E-state index in [1.54, 1.807) is 13.8 Å². The molecule has 1 aromatic carbocycles.